The van der Waals surface area contributed by atoms with Gasteiger partial charge in [-0.25, -0.2) is 9.97 Å². The van der Waals surface area contributed by atoms with E-state index >= 15 is 0 Å². The number of halogens is 1. The zero-order valence-electron chi connectivity index (χ0n) is 9.64. The smallest absolute Gasteiger partial charge is 0.147 e. The van der Waals surface area contributed by atoms with Crippen LogP contribution in [0.2, 0.25) is 5.15 Å². The number of hydrogen-bond donors (Lipinski definition) is 0. The van der Waals surface area contributed by atoms with Crippen molar-refractivity contribution >= 4 is 23.4 Å². The van der Waals surface area contributed by atoms with E-state index in [1.54, 1.807) is 24.2 Å². The Labute approximate surface area is 110 Å². The number of hydrogen-bond acceptors (Lipinski definition) is 4. The summed E-state index contributed by atoms with van der Waals surface area (Å²) >= 11 is 7.33. The summed E-state index contributed by atoms with van der Waals surface area (Å²) in [6, 6.07) is 4.13. The highest BCUT2D eigenvalue weighted by Crippen LogP contribution is 2.21. The van der Waals surface area contributed by atoms with E-state index in [-0.39, 0.29) is 0 Å². The van der Waals surface area contributed by atoms with Crippen LogP contribution in [-0.4, -0.2) is 15.0 Å². The van der Waals surface area contributed by atoms with Gasteiger partial charge in [-0.2, -0.15) is 0 Å². The second-order valence-corrected chi connectivity index (χ2v) is 5.13. The number of aryl methyl sites for hydroxylation is 2. The quantitative estimate of drug-likeness (QED) is 0.797. The van der Waals surface area contributed by atoms with Crippen molar-refractivity contribution in [3.63, 3.8) is 0 Å². The van der Waals surface area contributed by atoms with Gasteiger partial charge in [0.05, 0.1) is 23.1 Å². The Bertz CT molecular complexity index is 493. The number of thioether (sulfide) groups is 1. The molecule has 0 fully saturated rings. The van der Waals surface area contributed by atoms with Crippen LogP contribution in [0, 0.1) is 13.8 Å². The van der Waals surface area contributed by atoms with Crippen molar-refractivity contribution < 1.29 is 0 Å². The fourth-order valence-corrected chi connectivity index (χ4v) is 2.46. The van der Waals surface area contributed by atoms with Crippen LogP contribution in [0.3, 0.4) is 0 Å². The summed E-state index contributed by atoms with van der Waals surface area (Å²) in [6.45, 7) is 4.07. The van der Waals surface area contributed by atoms with Gasteiger partial charge in [0.2, 0.25) is 0 Å². The van der Waals surface area contributed by atoms with Crippen molar-refractivity contribution in [1.82, 2.24) is 15.0 Å². The molecule has 0 unspecified atom stereocenters. The van der Waals surface area contributed by atoms with Crippen LogP contribution in [0.25, 0.3) is 0 Å². The van der Waals surface area contributed by atoms with E-state index in [0.717, 1.165) is 22.2 Å². The molecule has 2 aromatic heterocycles. The van der Waals surface area contributed by atoms with Gasteiger partial charge in [0.15, 0.2) is 0 Å². The molecule has 3 nitrogen and oxygen atoms in total. The first-order chi connectivity index (χ1) is 8.13. The van der Waals surface area contributed by atoms with Crippen molar-refractivity contribution in [2.75, 3.05) is 0 Å². The molecule has 0 aliphatic heterocycles. The Morgan fingerprint density at radius 3 is 2.65 bits per heavy atom. The van der Waals surface area contributed by atoms with E-state index in [0.29, 0.717) is 5.15 Å². The van der Waals surface area contributed by atoms with Crippen LogP contribution < -0.4 is 0 Å². The normalized spacial score (nSPS) is 10.5. The van der Waals surface area contributed by atoms with Gasteiger partial charge in [0.25, 0.3) is 0 Å². The molecule has 0 aliphatic rings. The minimum atomic E-state index is 0.420. The molecule has 0 atom stereocenters. The third-order valence-electron chi connectivity index (χ3n) is 2.12. The number of pyridine rings is 1. The monoisotopic (exact) mass is 265 g/mol. The van der Waals surface area contributed by atoms with Crippen LogP contribution >= 0.6 is 23.4 Å². The predicted molar refractivity (Wildman–Crippen MR) is 70.3 cm³/mol. The van der Waals surface area contributed by atoms with E-state index < -0.39 is 0 Å². The molecule has 2 heterocycles. The lowest BCUT2D eigenvalue weighted by Gasteiger charge is -2.03. The van der Waals surface area contributed by atoms with Gasteiger partial charge in [-0.3, -0.25) is 4.98 Å². The fourth-order valence-electron chi connectivity index (χ4n) is 1.44. The van der Waals surface area contributed by atoms with Gasteiger partial charge in [0.1, 0.15) is 5.15 Å². The lowest BCUT2D eigenvalue weighted by Crippen LogP contribution is -1.91. The molecular formula is C12H12ClN3S. The van der Waals surface area contributed by atoms with E-state index in [9.17, 15) is 0 Å². The van der Waals surface area contributed by atoms with Gasteiger partial charge in [-0.05, 0) is 31.5 Å². The molecule has 0 amide bonds. The summed E-state index contributed by atoms with van der Waals surface area (Å²) in [6.07, 6.45) is 3.25. The van der Waals surface area contributed by atoms with Crippen LogP contribution in [0.4, 0.5) is 0 Å². The third-order valence-corrected chi connectivity index (χ3v) is 3.26. The zero-order chi connectivity index (χ0) is 12.3. The largest absolute Gasteiger partial charge is 0.256 e. The minimum absolute atomic E-state index is 0.420. The van der Waals surface area contributed by atoms with Crippen molar-refractivity contribution in [3.05, 3.63) is 46.6 Å². The summed E-state index contributed by atoms with van der Waals surface area (Å²) in [5, 5.41) is 1.43. The van der Waals surface area contributed by atoms with Gasteiger partial charge in [-0.15, -0.1) is 0 Å². The summed E-state index contributed by atoms with van der Waals surface area (Å²) in [5.74, 6) is 0.750. The summed E-state index contributed by atoms with van der Waals surface area (Å²) in [4.78, 5) is 12.6. The van der Waals surface area contributed by atoms with Crippen molar-refractivity contribution in [2.24, 2.45) is 0 Å². The molecule has 0 spiro atoms. The molecule has 2 aromatic rings. The molecule has 0 aromatic carbocycles. The predicted octanol–water partition coefficient (Wildman–Crippen LogP) is 3.43. The Morgan fingerprint density at radius 2 is 2.00 bits per heavy atom. The highest BCUT2D eigenvalue weighted by Gasteiger charge is 2.01. The average Bonchev–Trinajstić information content (AvgIpc) is 2.27. The SMILES string of the molecule is Cc1cc(C)nc(SCc2cnc(Cl)cn2)c1. The first kappa shape index (κ1) is 12.3. The Kier molecular flexibility index (Phi) is 3.97. The molecule has 0 N–H and O–H groups in total. The zero-order valence-corrected chi connectivity index (χ0v) is 11.2. The number of aromatic nitrogens is 3. The molecule has 0 aliphatic carbocycles. The lowest BCUT2D eigenvalue weighted by molar-refractivity contribution is 1.04. The summed E-state index contributed by atoms with van der Waals surface area (Å²) in [7, 11) is 0. The maximum atomic E-state index is 5.68. The first-order valence-corrected chi connectivity index (χ1v) is 6.54. The topological polar surface area (TPSA) is 38.7 Å². The highest BCUT2D eigenvalue weighted by molar-refractivity contribution is 7.98. The molecule has 88 valence electrons. The van der Waals surface area contributed by atoms with Crippen LogP contribution in [0.1, 0.15) is 17.0 Å². The van der Waals surface area contributed by atoms with Crippen LogP contribution in [-0.2, 0) is 5.75 Å². The van der Waals surface area contributed by atoms with Crippen molar-refractivity contribution in [2.45, 2.75) is 24.6 Å². The maximum absolute atomic E-state index is 5.68. The Hall–Kier alpha value is -1.13. The van der Waals surface area contributed by atoms with Gasteiger partial charge in [0, 0.05) is 11.4 Å². The molecule has 0 bridgehead atoms. The first-order valence-electron chi connectivity index (χ1n) is 5.18. The Balaban J connectivity index is 2.04. The molecule has 0 radical (unpaired) electrons. The second kappa shape index (κ2) is 5.47. The standard InChI is InChI=1S/C12H12ClN3S/c1-8-3-9(2)16-12(4-8)17-7-10-5-15-11(13)6-14-10/h3-6H,7H2,1-2H3. The summed E-state index contributed by atoms with van der Waals surface area (Å²) < 4.78 is 0. The van der Waals surface area contributed by atoms with Gasteiger partial charge in [-0.1, -0.05) is 23.4 Å². The second-order valence-electron chi connectivity index (χ2n) is 3.74. The maximum Gasteiger partial charge on any atom is 0.147 e. The molecular weight excluding hydrogens is 254 g/mol. The summed E-state index contributed by atoms with van der Waals surface area (Å²) in [5.41, 5.74) is 3.16. The molecule has 2 rings (SSSR count). The van der Waals surface area contributed by atoms with Gasteiger partial charge >= 0.3 is 0 Å². The van der Waals surface area contributed by atoms with Crippen molar-refractivity contribution in [1.29, 1.82) is 0 Å². The van der Waals surface area contributed by atoms with E-state index in [4.69, 9.17) is 11.6 Å². The lowest BCUT2D eigenvalue weighted by atomic mass is 10.3. The average molecular weight is 266 g/mol. The van der Waals surface area contributed by atoms with Crippen LogP contribution in [0.5, 0.6) is 0 Å². The van der Waals surface area contributed by atoms with E-state index in [1.807, 2.05) is 6.92 Å². The fraction of sp³-hybridized carbons (Fsp3) is 0.250. The minimum Gasteiger partial charge on any atom is -0.256 e. The Morgan fingerprint density at radius 1 is 1.18 bits per heavy atom. The number of nitrogens with zero attached hydrogens (tertiary/aromatic N) is 3. The molecule has 5 heteroatoms. The van der Waals surface area contributed by atoms with Gasteiger partial charge < -0.3 is 0 Å². The highest BCUT2D eigenvalue weighted by atomic mass is 35.5. The molecule has 17 heavy (non-hydrogen) atoms. The van der Waals surface area contributed by atoms with E-state index in [1.165, 1.54) is 5.56 Å². The van der Waals surface area contributed by atoms with Crippen LogP contribution in [0.15, 0.2) is 29.6 Å². The van der Waals surface area contributed by atoms with E-state index in [2.05, 4.69) is 34.0 Å². The molecule has 0 saturated carbocycles. The van der Waals surface area contributed by atoms with Crippen molar-refractivity contribution in [3.8, 4) is 0 Å². The molecule has 0 saturated heterocycles. The number of rotatable bonds is 3. The third kappa shape index (κ3) is 3.68.